The summed E-state index contributed by atoms with van der Waals surface area (Å²) in [5, 5.41) is 17.7. The van der Waals surface area contributed by atoms with E-state index in [4.69, 9.17) is 0 Å². The van der Waals surface area contributed by atoms with Gasteiger partial charge in [-0.15, -0.1) is 21.5 Å². The van der Waals surface area contributed by atoms with Gasteiger partial charge in [-0.3, -0.25) is 14.9 Å². The molecule has 0 atom stereocenters. The standard InChI is InChI=1S/C16H21N5O3S4/c1-2-6-17-12(22)9-26-15-20-21-16(28-15)27-10-13(23)19-14(24)18-7-5-11-4-3-8-25-11/h3-4,8H,2,5-7,9-10H2,1H3,(H,17,22)(H2,18,19,23,24). The smallest absolute Gasteiger partial charge is 0.321 e. The van der Waals surface area contributed by atoms with Crippen LogP contribution in [0.15, 0.2) is 26.2 Å². The summed E-state index contributed by atoms with van der Waals surface area (Å²) in [5.41, 5.74) is 0. The number of nitrogens with zero attached hydrogens (tertiary/aromatic N) is 2. The molecule has 2 rings (SSSR count). The Morgan fingerprint density at radius 1 is 1.04 bits per heavy atom. The molecule has 0 aromatic carbocycles. The highest BCUT2D eigenvalue weighted by molar-refractivity contribution is 8.03. The van der Waals surface area contributed by atoms with Crippen LogP contribution in [0.2, 0.25) is 0 Å². The largest absolute Gasteiger partial charge is 0.355 e. The van der Waals surface area contributed by atoms with Crippen LogP contribution in [0.4, 0.5) is 4.79 Å². The maximum atomic E-state index is 11.8. The molecule has 3 N–H and O–H groups in total. The zero-order valence-electron chi connectivity index (χ0n) is 15.2. The van der Waals surface area contributed by atoms with Crippen LogP contribution in [0.25, 0.3) is 0 Å². The van der Waals surface area contributed by atoms with E-state index in [0.717, 1.165) is 12.8 Å². The molecule has 0 saturated heterocycles. The van der Waals surface area contributed by atoms with Crippen LogP contribution >= 0.6 is 46.2 Å². The van der Waals surface area contributed by atoms with Gasteiger partial charge < -0.3 is 10.6 Å². The summed E-state index contributed by atoms with van der Waals surface area (Å²) < 4.78 is 1.28. The van der Waals surface area contributed by atoms with Gasteiger partial charge in [0, 0.05) is 18.0 Å². The summed E-state index contributed by atoms with van der Waals surface area (Å²) in [7, 11) is 0. The molecule has 8 nitrogen and oxygen atoms in total. The first kappa shape index (κ1) is 22.7. The summed E-state index contributed by atoms with van der Waals surface area (Å²) in [6, 6.07) is 3.45. The number of carbonyl (C=O) groups is 3. The Morgan fingerprint density at radius 3 is 2.39 bits per heavy atom. The molecule has 2 aromatic rings. The first-order valence-corrected chi connectivity index (χ1v) is 12.2. The molecule has 0 aliphatic heterocycles. The highest BCUT2D eigenvalue weighted by atomic mass is 32.2. The van der Waals surface area contributed by atoms with Gasteiger partial charge in [0.15, 0.2) is 8.68 Å². The fourth-order valence-electron chi connectivity index (χ4n) is 1.84. The molecule has 0 aliphatic carbocycles. The summed E-state index contributed by atoms with van der Waals surface area (Å²) in [4.78, 5) is 36.3. The van der Waals surface area contributed by atoms with Crippen molar-refractivity contribution < 1.29 is 14.4 Å². The van der Waals surface area contributed by atoms with Gasteiger partial charge in [0.05, 0.1) is 11.5 Å². The lowest BCUT2D eigenvalue weighted by molar-refractivity contribution is -0.119. The molecule has 2 heterocycles. The van der Waals surface area contributed by atoms with Crippen molar-refractivity contribution in [1.29, 1.82) is 0 Å². The summed E-state index contributed by atoms with van der Waals surface area (Å²) in [5.74, 6) is -0.0947. The molecule has 12 heteroatoms. The maximum Gasteiger partial charge on any atom is 0.321 e. The second kappa shape index (κ2) is 12.8. The highest BCUT2D eigenvalue weighted by Gasteiger charge is 2.12. The molecule has 0 aliphatic rings. The number of rotatable bonds is 11. The van der Waals surface area contributed by atoms with Crippen LogP contribution in [0.5, 0.6) is 0 Å². The number of carbonyl (C=O) groups excluding carboxylic acids is 3. The number of hydrogen-bond acceptors (Lipinski definition) is 9. The van der Waals surface area contributed by atoms with Crippen LogP contribution in [-0.2, 0) is 16.0 Å². The monoisotopic (exact) mass is 459 g/mol. The van der Waals surface area contributed by atoms with E-state index in [2.05, 4.69) is 26.1 Å². The summed E-state index contributed by atoms with van der Waals surface area (Å²) in [6.45, 7) is 3.12. The molecule has 2 aromatic heterocycles. The lowest BCUT2D eigenvalue weighted by Crippen LogP contribution is -2.41. The normalized spacial score (nSPS) is 10.5. The SMILES string of the molecule is CCCNC(=O)CSc1nnc(SCC(=O)NC(=O)NCCc2cccs2)s1. The van der Waals surface area contributed by atoms with Gasteiger partial charge in [-0.25, -0.2) is 4.79 Å². The van der Waals surface area contributed by atoms with Crippen molar-refractivity contribution in [3.05, 3.63) is 22.4 Å². The first-order chi connectivity index (χ1) is 13.6. The van der Waals surface area contributed by atoms with Crippen molar-refractivity contribution in [3.63, 3.8) is 0 Å². The minimum absolute atomic E-state index is 0.0410. The Labute approximate surface area is 179 Å². The van der Waals surface area contributed by atoms with Gasteiger partial charge in [-0.05, 0) is 24.3 Å². The fourth-order valence-corrected chi connectivity index (χ4v) is 5.20. The van der Waals surface area contributed by atoms with E-state index in [1.54, 1.807) is 11.3 Å². The molecule has 0 fully saturated rings. The summed E-state index contributed by atoms with van der Waals surface area (Å²) >= 11 is 5.45. The second-order valence-electron chi connectivity index (χ2n) is 5.39. The predicted octanol–water partition coefficient (Wildman–Crippen LogP) is 2.38. The Balaban J connectivity index is 1.61. The van der Waals surface area contributed by atoms with Crippen LogP contribution < -0.4 is 16.0 Å². The van der Waals surface area contributed by atoms with Gasteiger partial charge in [-0.2, -0.15) is 0 Å². The molecule has 0 bridgehead atoms. The van der Waals surface area contributed by atoms with E-state index >= 15 is 0 Å². The molecule has 0 unspecified atom stereocenters. The highest BCUT2D eigenvalue weighted by Crippen LogP contribution is 2.28. The number of nitrogens with one attached hydrogen (secondary N) is 3. The first-order valence-electron chi connectivity index (χ1n) is 8.52. The van der Waals surface area contributed by atoms with Gasteiger partial charge >= 0.3 is 6.03 Å². The predicted molar refractivity (Wildman–Crippen MR) is 114 cm³/mol. The number of urea groups is 1. The lowest BCUT2D eigenvalue weighted by atomic mass is 10.3. The number of thioether (sulfide) groups is 2. The van der Waals surface area contributed by atoms with Crippen molar-refractivity contribution in [3.8, 4) is 0 Å². The minimum atomic E-state index is -0.506. The third kappa shape index (κ3) is 9.04. The van der Waals surface area contributed by atoms with Gasteiger partial charge in [0.25, 0.3) is 0 Å². The zero-order chi connectivity index (χ0) is 20.2. The Hall–Kier alpha value is -1.63. The molecule has 0 saturated carbocycles. The lowest BCUT2D eigenvalue weighted by Gasteiger charge is -2.05. The molecule has 28 heavy (non-hydrogen) atoms. The summed E-state index contributed by atoms with van der Waals surface area (Å²) in [6.07, 6.45) is 1.63. The molecular weight excluding hydrogens is 438 g/mol. The van der Waals surface area contributed by atoms with Gasteiger partial charge in [-0.1, -0.05) is 47.9 Å². The van der Waals surface area contributed by atoms with Crippen molar-refractivity contribution in [2.24, 2.45) is 0 Å². The Bertz CT molecular complexity index is 766. The molecular formula is C16H21N5O3S4. The number of aromatic nitrogens is 2. The van der Waals surface area contributed by atoms with E-state index in [1.165, 1.54) is 39.7 Å². The molecule has 152 valence electrons. The van der Waals surface area contributed by atoms with E-state index < -0.39 is 11.9 Å². The number of amides is 4. The topological polar surface area (TPSA) is 113 Å². The third-order valence-electron chi connectivity index (χ3n) is 3.10. The quantitative estimate of drug-likeness (QED) is 0.442. The molecule has 4 amide bonds. The van der Waals surface area contributed by atoms with E-state index in [1.807, 2.05) is 24.4 Å². The Kier molecular flexibility index (Phi) is 10.3. The van der Waals surface area contributed by atoms with Crippen molar-refractivity contribution in [1.82, 2.24) is 26.1 Å². The van der Waals surface area contributed by atoms with E-state index in [0.29, 0.717) is 21.8 Å². The zero-order valence-corrected chi connectivity index (χ0v) is 18.5. The van der Waals surface area contributed by atoms with Crippen molar-refractivity contribution >= 4 is 64.0 Å². The van der Waals surface area contributed by atoms with Crippen LogP contribution in [0, 0.1) is 0 Å². The third-order valence-corrected chi connectivity index (χ3v) is 7.23. The minimum Gasteiger partial charge on any atom is -0.355 e. The van der Waals surface area contributed by atoms with Crippen molar-refractivity contribution in [2.45, 2.75) is 28.4 Å². The second-order valence-corrected chi connectivity index (χ2v) is 9.85. The van der Waals surface area contributed by atoms with Crippen LogP contribution in [-0.4, -0.2) is 52.6 Å². The van der Waals surface area contributed by atoms with Crippen LogP contribution in [0.1, 0.15) is 18.2 Å². The average Bonchev–Trinajstić information content (AvgIpc) is 3.35. The van der Waals surface area contributed by atoms with Gasteiger partial charge in [0.1, 0.15) is 0 Å². The van der Waals surface area contributed by atoms with Crippen LogP contribution in [0.3, 0.4) is 0 Å². The average molecular weight is 460 g/mol. The number of hydrogen-bond donors (Lipinski definition) is 3. The van der Waals surface area contributed by atoms with E-state index in [-0.39, 0.29) is 17.4 Å². The van der Waals surface area contributed by atoms with E-state index in [9.17, 15) is 14.4 Å². The molecule has 0 spiro atoms. The molecule has 0 radical (unpaired) electrons. The maximum absolute atomic E-state index is 11.8. The Morgan fingerprint density at radius 2 is 1.75 bits per heavy atom. The van der Waals surface area contributed by atoms with Gasteiger partial charge in [0.2, 0.25) is 11.8 Å². The van der Waals surface area contributed by atoms with Crippen molar-refractivity contribution in [2.75, 3.05) is 24.6 Å². The fraction of sp³-hybridized carbons (Fsp3) is 0.438. The number of imide groups is 1. The number of thiophene rings is 1.